The van der Waals surface area contributed by atoms with E-state index < -0.39 is 10.0 Å². The van der Waals surface area contributed by atoms with Gasteiger partial charge in [-0.25, -0.2) is 8.42 Å². The van der Waals surface area contributed by atoms with Gasteiger partial charge in [0.1, 0.15) is 0 Å². The molecule has 7 nitrogen and oxygen atoms in total. The average molecular weight is 454 g/mol. The highest BCUT2D eigenvalue weighted by atomic mass is 32.2. The number of hydrogen-bond donors (Lipinski definition) is 1. The van der Waals surface area contributed by atoms with Crippen LogP contribution >= 0.6 is 0 Å². The molecule has 0 atom stereocenters. The Labute approximate surface area is 189 Å². The van der Waals surface area contributed by atoms with E-state index in [4.69, 9.17) is 4.74 Å². The molecule has 2 aromatic carbocycles. The number of carbonyl (C=O) groups excluding carboxylic acids is 1. The molecule has 3 rings (SSSR count). The second kappa shape index (κ2) is 10.4. The van der Waals surface area contributed by atoms with Crippen LogP contribution in [0.1, 0.15) is 27.2 Å². The van der Waals surface area contributed by atoms with E-state index in [2.05, 4.69) is 9.71 Å². The van der Waals surface area contributed by atoms with Gasteiger partial charge in [-0.05, 0) is 61.4 Å². The quantitative estimate of drug-likeness (QED) is 0.533. The molecule has 3 aromatic rings. The molecule has 1 heterocycles. The predicted octanol–water partition coefficient (Wildman–Crippen LogP) is 3.79. The maximum Gasteiger partial charge on any atom is 0.261 e. The first-order chi connectivity index (χ1) is 15.3. The van der Waals surface area contributed by atoms with Crippen LogP contribution in [0.2, 0.25) is 0 Å². The molecule has 1 N–H and O–H groups in total. The second-order valence-corrected chi connectivity index (χ2v) is 9.17. The molecule has 0 bridgehead atoms. The number of hydrogen-bond acceptors (Lipinski definition) is 5. The van der Waals surface area contributed by atoms with Crippen molar-refractivity contribution in [3.63, 3.8) is 0 Å². The Morgan fingerprint density at radius 1 is 1.06 bits per heavy atom. The third-order valence-corrected chi connectivity index (χ3v) is 6.33. The summed E-state index contributed by atoms with van der Waals surface area (Å²) in [5, 5.41) is 0. The summed E-state index contributed by atoms with van der Waals surface area (Å²) < 4.78 is 33.7. The lowest BCUT2D eigenvalue weighted by Gasteiger charge is -2.23. The summed E-state index contributed by atoms with van der Waals surface area (Å²) in [5.41, 5.74) is 3.15. The number of methoxy groups -OCH3 is 1. The van der Waals surface area contributed by atoms with Crippen molar-refractivity contribution in [3.05, 3.63) is 89.2 Å². The summed E-state index contributed by atoms with van der Waals surface area (Å²) in [6.07, 6.45) is 1.67. The number of carbonyl (C=O) groups is 1. The van der Waals surface area contributed by atoms with Crippen LogP contribution in [0.4, 0.5) is 5.69 Å². The van der Waals surface area contributed by atoms with E-state index in [0.717, 1.165) is 11.3 Å². The van der Waals surface area contributed by atoms with Crippen LogP contribution in [0.25, 0.3) is 0 Å². The lowest BCUT2D eigenvalue weighted by atomic mass is 10.1. The molecule has 0 saturated carbocycles. The number of pyridine rings is 1. The van der Waals surface area contributed by atoms with E-state index in [-0.39, 0.29) is 10.8 Å². The van der Waals surface area contributed by atoms with E-state index in [0.29, 0.717) is 36.5 Å². The molecular weight excluding hydrogens is 426 g/mol. The number of nitrogens with zero attached hydrogens (tertiary/aromatic N) is 2. The first kappa shape index (κ1) is 23.4. The average Bonchev–Trinajstić information content (AvgIpc) is 2.76. The first-order valence-corrected chi connectivity index (χ1v) is 11.7. The van der Waals surface area contributed by atoms with Gasteiger partial charge in [-0.2, -0.15) is 0 Å². The van der Waals surface area contributed by atoms with E-state index in [1.54, 1.807) is 49.4 Å². The zero-order valence-corrected chi connectivity index (χ0v) is 19.2. The number of benzene rings is 2. The standard InChI is InChI=1S/C24H27N3O4S/c1-18-7-6-9-20(15-18)26-32(29,30)22-11-10-19(2)23(16-22)24(28)27(13-14-31-3)17-21-8-4-5-12-25-21/h4-12,15-16,26H,13-14,17H2,1-3H3. The van der Waals surface area contributed by atoms with E-state index >= 15 is 0 Å². The Morgan fingerprint density at radius 2 is 1.88 bits per heavy atom. The molecule has 0 saturated heterocycles. The number of aryl methyl sites for hydroxylation is 2. The second-order valence-electron chi connectivity index (χ2n) is 7.49. The molecule has 0 spiro atoms. The molecule has 0 fully saturated rings. The highest BCUT2D eigenvalue weighted by molar-refractivity contribution is 7.92. The minimum atomic E-state index is -3.86. The largest absolute Gasteiger partial charge is 0.383 e. The van der Waals surface area contributed by atoms with Crippen molar-refractivity contribution in [1.29, 1.82) is 0 Å². The number of rotatable bonds is 9. The zero-order valence-electron chi connectivity index (χ0n) is 18.4. The molecule has 1 amide bonds. The smallest absolute Gasteiger partial charge is 0.261 e. The summed E-state index contributed by atoms with van der Waals surface area (Å²) in [5.74, 6) is -0.280. The maximum atomic E-state index is 13.4. The van der Waals surface area contributed by atoms with Crippen LogP contribution in [0, 0.1) is 13.8 Å². The fourth-order valence-corrected chi connectivity index (χ4v) is 4.31. The van der Waals surface area contributed by atoms with Crippen molar-refractivity contribution < 1.29 is 17.9 Å². The summed E-state index contributed by atoms with van der Waals surface area (Å²) >= 11 is 0. The molecule has 0 aliphatic carbocycles. The molecule has 0 aliphatic rings. The van der Waals surface area contributed by atoms with Gasteiger partial charge in [0.15, 0.2) is 0 Å². The van der Waals surface area contributed by atoms with Crippen molar-refractivity contribution in [2.45, 2.75) is 25.3 Å². The van der Waals surface area contributed by atoms with Gasteiger partial charge in [0.05, 0.1) is 23.7 Å². The number of sulfonamides is 1. The van der Waals surface area contributed by atoms with E-state index in [1.165, 1.54) is 12.1 Å². The van der Waals surface area contributed by atoms with Crippen LogP contribution in [0.5, 0.6) is 0 Å². The SMILES string of the molecule is COCCN(Cc1ccccn1)C(=O)c1cc(S(=O)(=O)Nc2cccc(C)c2)ccc1C. The highest BCUT2D eigenvalue weighted by Crippen LogP contribution is 2.21. The lowest BCUT2D eigenvalue weighted by molar-refractivity contribution is 0.0677. The van der Waals surface area contributed by atoms with Crippen molar-refractivity contribution in [2.75, 3.05) is 25.0 Å². The topological polar surface area (TPSA) is 88.6 Å². The van der Waals surface area contributed by atoms with E-state index in [9.17, 15) is 13.2 Å². The summed E-state index contributed by atoms with van der Waals surface area (Å²) in [6.45, 7) is 4.67. The Kier molecular flexibility index (Phi) is 7.61. The van der Waals surface area contributed by atoms with Gasteiger partial charge in [0.2, 0.25) is 0 Å². The Hall–Kier alpha value is -3.23. The lowest BCUT2D eigenvalue weighted by Crippen LogP contribution is -2.34. The molecule has 168 valence electrons. The third-order valence-electron chi connectivity index (χ3n) is 4.95. The Bertz CT molecular complexity index is 1180. The van der Waals surface area contributed by atoms with Gasteiger partial charge in [-0.15, -0.1) is 0 Å². The molecule has 32 heavy (non-hydrogen) atoms. The van der Waals surface area contributed by atoms with Gasteiger partial charge < -0.3 is 9.64 Å². The van der Waals surface area contributed by atoms with Gasteiger partial charge in [-0.3, -0.25) is 14.5 Å². The van der Waals surface area contributed by atoms with Crippen LogP contribution in [0.3, 0.4) is 0 Å². The van der Waals surface area contributed by atoms with Crippen molar-refractivity contribution in [3.8, 4) is 0 Å². The molecule has 0 unspecified atom stereocenters. The van der Waals surface area contributed by atoms with Crippen molar-refractivity contribution >= 4 is 21.6 Å². The molecule has 8 heteroatoms. The number of nitrogens with one attached hydrogen (secondary N) is 1. The van der Waals surface area contributed by atoms with Gasteiger partial charge >= 0.3 is 0 Å². The summed E-state index contributed by atoms with van der Waals surface area (Å²) in [7, 11) is -2.29. The molecular formula is C24H27N3O4S. The van der Waals surface area contributed by atoms with Crippen molar-refractivity contribution in [2.24, 2.45) is 0 Å². The number of ether oxygens (including phenoxy) is 1. The van der Waals surface area contributed by atoms with Crippen LogP contribution in [-0.2, 0) is 21.3 Å². The fraction of sp³-hybridized carbons (Fsp3) is 0.250. The monoisotopic (exact) mass is 453 g/mol. The number of anilines is 1. The van der Waals surface area contributed by atoms with Crippen LogP contribution in [0.15, 0.2) is 71.8 Å². The van der Waals surface area contributed by atoms with Crippen LogP contribution in [-0.4, -0.2) is 44.5 Å². The Balaban J connectivity index is 1.90. The minimum Gasteiger partial charge on any atom is -0.383 e. The highest BCUT2D eigenvalue weighted by Gasteiger charge is 2.22. The normalized spacial score (nSPS) is 11.2. The summed E-state index contributed by atoms with van der Waals surface area (Å²) in [6, 6.07) is 17.2. The minimum absolute atomic E-state index is 0.0254. The van der Waals surface area contributed by atoms with Gasteiger partial charge in [-0.1, -0.05) is 24.3 Å². The Morgan fingerprint density at radius 3 is 2.56 bits per heavy atom. The maximum absolute atomic E-state index is 13.4. The molecule has 1 aromatic heterocycles. The first-order valence-electron chi connectivity index (χ1n) is 10.2. The molecule has 0 radical (unpaired) electrons. The van der Waals surface area contributed by atoms with Crippen molar-refractivity contribution in [1.82, 2.24) is 9.88 Å². The van der Waals surface area contributed by atoms with Crippen LogP contribution < -0.4 is 4.72 Å². The third kappa shape index (κ3) is 5.93. The fourth-order valence-electron chi connectivity index (χ4n) is 3.23. The summed E-state index contributed by atoms with van der Waals surface area (Å²) in [4.78, 5) is 19.3. The number of amides is 1. The molecule has 0 aliphatic heterocycles. The number of aromatic nitrogens is 1. The zero-order chi connectivity index (χ0) is 23.1. The predicted molar refractivity (Wildman–Crippen MR) is 124 cm³/mol. The van der Waals surface area contributed by atoms with Gasteiger partial charge in [0, 0.05) is 31.1 Å². The van der Waals surface area contributed by atoms with Gasteiger partial charge in [0.25, 0.3) is 15.9 Å². The van der Waals surface area contributed by atoms with E-state index in [1.807, 2.05) is 31.2 Å².